The summed E-state index contributed by atoms with van der Waals surface area (Å²) in [5.41, 5.74) is 24.2. The summed E-state index contributed by atoms with van der Waals surface area (Å²) in [6.45, 7) is 1.31. The first-order valence-electron chi connectivity index (χ1n) is 20.2. The molecule has 61 heavy (non-hydrogen) atoms. The molecule has 0 aromatic heterocycles. The zero-order valence-corrected chi connectivity index (χ0v) is 34.4. The molecule has 0 spiro atoms. The van der Waals surface area contributed by atoms with Crippen molar-refractivity contribution in [3.63, 3.8) is 0 Å². The van der Waals surface area contributed by atoms with E-state index in [1.165, 1.54) is 0 Å². The standard InChI is InChI=1S/C43H59N11O7/c1-2-3-20-31(51-41(60)34(24-29-16-9-5-10-17-29)50-37(56)27-49-36(55)26-44)40(59)54-35(25-30-18-11-6-12-19-30)42(61)52-32(21-13-22-48-43(46)47)39(58)53-33(38(45)57)23-28-14-7-4-8-15-28/h4-12,14-19,31-35H,2-3,13,20-27,44H2,1H3,(H2,45,57)(H,49,55)(H,50,56)(H,51,60)(H,52,61)(H,53,58)(H,54,59)(H4,46,47,48)/t31-,32-,33-,34-,35-/m0/s1. The first-order chi connectivity index (χ1) is 29.3. The molecule has 0 saturated carbocycles. The number of hydrogen-bond donors (Lipinski definition) is 10. The van der Waals surface area contributed by atoms with E-state index >= 15 is 0 Å². The van der Waals surface area contributed by atoms with Crippen LogP contribution in [0.5, 0.6) is 0 Å². The first kappa shape index (κ1) is 48.5. The molecule has 3 rings (SSSR count). The summed E-state index contributed by atoms with van der Waals surface area (Å²) in [6.07, 6.45) is 1.89. The monoisotopic (exact) mass is 841 g/mol. The summed E-state index contributed by atoms with van der Waals surface area (Å²) in [6, 6.07) is 20.9. The normalized spacial score (nSPS) is 13.1. The van der Waals surface area contributed by atoms with Gasteiger partial charge in [0.2, 0.25) is 41.4 Å². The van der Waals surface area contributed by atoms with E-state index in [1.54, 1.807) is 84.9 Å². The van der Waals surface area contributed by atoms with Gasteiger partial charge in [-0.1, -0.05) is 111 Å². The van der Waals surface area contributed by atoms with Crippen LogP contribution in [0.3, 0.4) is 0 Å². The summed E-state index contributed by atoms with van der Waals surface area (Å²) in [4.78, 5) is 97.1. The largest absolute Gasteiger partial charge is 0.370 e. The molecule has 0 saturated heterocycles. The Morgan fingerprint density at radius 3 is 1.34 bits per heavy atom. The fraction of sp³-hybridized carbons (Fsp3) is 0.395. The van der Waals surface area contributed by atoms with Gasteiger partial charge < -0.3 is 54.8 Å². The highest BCUT2D eigenvalue weighted by molar-refractivity contribution is 5.97. The number of hydrogen-bond acceptors (Lipinski definition) is 9. The molecule has 0 fully saturated rings. The topological polar surface area (TPSA) is 308 Å². The molecule has 18 heteroatoms. The summed E-state index contributed by atoms with van der Waals surface area (Å²) in [5.74, 6) is -4.88. The molecule has 5 atom stereocenters. The van der Waals surface area contributed by atoms with Crippen molar-refractivity contribution in [2.75, 3.05) is 19.6 Å². The number of amides is 7. The average Bonchev–Trinajstić information content (AvgIpc) is 3.25. The lowest BCUT2D eigenvalue weighted by molar-refractivity contribution is -0.135. The lowest BCUT2D eigenvalue weighted by Crippen LogP contribution is -2.60. The number of nitrogens with two attached hydrogens (primary N) is 4. The first-order valence-corrected chi connectivity index (χ1v) is 20.2. The van der Waals surface area contributed by atoms with Gasteiger partial charge in [-0.05, 0) is 36.0 Å². The van der Waals surface area contributed by atoms with Gasteiger partial charge in [0.25, 0.3) is 0 Å². The van der Waals surface area contributed by atoms with Crippen LogP contribution in [0.25, 0.3) is 0 Å². The van der Waals surface area contributed by atoms with Gasteiger partial charge in [0.15, 0.2) is 5.96 Å². The third-order valence-corrected chi connectivity index (χ3v) is 9.48. The molecule has 18 nitrogen and oxygen atoms in total. The predicted octanol–water partition coefficient (Wildman–Crippen LogP) is -1.06. The molecule has 14 N–H and O–H groups in total. The van der Waals surface area contributed by atoms with Crippen LogP contribution in [0, 0.1) is 0 Å². The lowest BCUT2D eigenvalue weighted by atomic mass is 10.0. The Labute approximate surface area is 355 Å². The minimum absolute atomic E-state index is 0.00826. The maximum Gasteiger partial charge on any atom is 0.243 e. The van der Waals surface area contributed by atoms with Gasteiger partial charge in [0, 0.05) is 25.8 Å². The molecule has 7 amide bonds. The van der Waals surface area contributed by atoms with Crippen LogP contribution in [-0.4, -0.2) is 97.2 Å². The van der Waals surface area contributed by atoms with Gasteiger partial charge in [0.1, 0.15) is 30.2 Å². The summed E-state index contributed by atoms with van der Waals surface area (Å²) in [5, 5.41) is 16.0. The number of guanidine groups is 1. The van der Waals surface area contributed by atoms with E-state index in [0.717, 1.165) is 11.1 Å². The highest BCUT2D eigenvalue weighted by Crippen LogP contribution is 2.11. The Bertz CT molecular complexity index is 1910. The van der Waals surface area contributed by atoms with Gasteiger partial charge in [-0.2, -0.15) is 0 Å². The molecule has 0 aliphatic heterocycles. The number of benzene rings is 3. The summed E-state index contributed by atoms with van der Waals surface area (Å²) >= 11 is 0. The van der Waals surface area contributed by atoms with Crippen LogP contribution < -0.4 is 54.8 Å². The molecule has 0 unspecified atom stereocenters. The highest BCUT2D eigenvalue weighted by atomic mass is 16.2. The van der Waals surface area contributed by atoms with Crippen LogP contribution >= 0.6 is 0 Å². The van der Waals surface area contributed by atoms with Gasteiger partial charge in [-0.15, -0.1) is 0 Å². The number of aliphatic imine (C=N–C) groups is 1. The summed E-state index contributed by atoms with van der Waals surface area (Å²) in [7, 11) is 0. The molecule has 0 radical (unpaired) electrons. The van der Waals surface area contributed by atoms with Crippen LogP contribution in [0.2, 0.25) is 0 Å². The molecular formula is C43H59N11O7. The quantitative estimate of drug-likeness (QED) is 0.0266. The second-order valence-electron chi connectivity index (χ2n) is 14.4. The lowest BCUT2D eigenvalue weighted by Gasteiger charge is -2.27. The van der Waals surface area contributed by atoms with Crippen molar-refractivity contribution >= 4 is 47.3 Å². The zero-order chi connectivity index (χ0) is 44.6. The molecule has 0 aliphatic carbocycles. The van der Waals surface area contributed by atoms with Crippen molar-refractivity contribution in [1.82, 2.24) is 31.9 Å². The summed E-state index contributed by atoms with van der Waals surface area (Å²) < 4.78 is 0. The second kappa shape index (κ2) is 26.3. The van der Waals surface area contributed by atoms with Gasteiger partial charge in [-0.3, -0.25) is 38.6 Å². The number of nitrogens with zero attached hydrogens (tertiary/aromatic N) is 1. The van der Waals surface area contributed by atoms with Gasteiger partial charge in [-0.25, -0.2) is 0 Å². The highest BCUT2D eigenvalue weighted by Gasteiger charge is 2.32. The Morgan fingerprint density at radius 2 is 0.918 bits per heavy atom. The molecule has 0 bridgehead atoms. The number of rotatable bonds is 26. The van der Waals surface area contributed by atoms with E-state index in [0.29, 0.717) is 18.4 Å². The maximum atomic E-state index is 14.2. The number of unbranched alkanes of at least 4 members (excludes halogenated alkanes) is 1. The predicted molar refractivity (Wildman–Crippen MR) is 231 cm³/mol. The third kappa shape index (κ3) is 18.3. The van der Waals surface area contributed by atoms with Crippen molar-refractivity contribution < 1.29 is 33.6 Å². The van der Waals surface area contributed by atoms with Gasteiger partial charge in [0.05, 0.1) is 13.1 Å². The van der Waals surface area contributed by atoms with E-state index in [1.807, 2.05) is 13.0 Å². The minimum Gasteiger partial charge on any atom is -0.370 e. The van der Waals surface area contributed by atoms with Crippen molar-refractivity contribution in [1.29, 1.82) is 0 Å². The van der Waals surface area contributed by atoms with E-state index in [-0.39, 0.29) is 57.6 Å². The van der Waals surface area contributed by atoms with Crippen molar-refractivity contribution in [2.24, 2.45) is 27.9 Å². The Hall–Kier alpha value is -6.82. The van der Waals surface area contributed by atoms with Crippen LogP contribution in [-0.2, 0) is 52.8 Å². The van der Waals surface area contributed by atoms with Crippen LogP contribution in [0.4, 0.5) is 0 Å². The second-order valence-corrected chi connectivity index (χ2v) is 14.4. The molecular weight excluding hydrogens is 783 g/mol. The maximum absolute atomic E-state index is 14.2. The van der Waals surface area contributed by atoms with Crippen molar-refractivity contribution in [3.05, 3.63) is 108 Å². The Balaban J connectivity index is 1.88. The average molecular weight is 842 g/mol. The number of carbonyl (C=O) groups is 7. The molecule has 0 heterocycles. The Kier molecular flexibility index (Phi) is 20.9. The molecule has 3 aromatic carbocycles. The zero-order valence-electron chi connectivity index (χ0n) is 34.4. The molecule has 3 aromatic rings. The number of nitrogens with one attached hydrogen (secondary N) is 6. The fourth-order valence-corrected chi connectivity index (χ4v) is 6.23. The van der Waals surface area contributed by atoms with E-state index in [2.05, 4.69) is 36.9 Å². The van der Waals surface area contributed by atoms with Crippen molar-refractivity contribution in [2.45, 2.75) is 88.5 Å². The van der Waals surface area contributed by atoms with Gasteiger partial charge >= 0.3 is 0 Å². The van der Waals surface area contributed by atoms with E-state index in [4.69, 9.17) is 22.9 Å². The number of primary amides is 1. The molecule has 328 valence electrons. The smallest absolute Gasteiger partial charge is 0.243 e. The van der Waals surface area contributed by atoms with E-state index < -0.39 is 78.1 Å². The number of carbonyl (C=O) groups excluding carboxylic acids is 7. The van der Waals surface area contributed by atoms with E-state index in [9.17, 15) is 33.6 Å². The van der Waals surface area contributed by atoms with Crippen LogP contribution in [0.15, 0.2) is 96.0 Å². The minimum atomic E-state index is -1.24. The fourth-order valence-electron chi connectivity index (χ4n) is 6.23. The molecule has 0 aliphatic rings. The third-order valence-electron chi connectivity index (χ3n) is 9.48. The van der Waals surface area contributed by atoms with Crippen molar-refractivity contribution in [3.8, 4) is 0 Å². The Morgan fingerprint density at radius 1 is 0.525 bits per heavy atom. The SMILES string of the molecule is CCCC[C@H](NC(=O)[C@H](Cc1ccccc1)NC(=O)CNC(=O)CN)C(=O)N[C@@H](Cc1ccccc1)C(=O)N[C@@H](CCCN=C(N)N)C(=O)N[C@@H](Cc1ccccc1)C(N)=O. The van der Waals surface area contributed by atoms with Crippen LogP contribution in [0.1, 0.15) is 55.7 Å².